The van der Waals surface area contributed by atoms with Crippen LogP contribution in [0, 0.1) is 0 Å². The molecule has 1 heterocycles. The fourth-order valence-electron chi connectivity index (χ4n) is 2.77. The number of benzene rings is 2. The molecule has 1 aliphatic rings. The number of hydrogen-bond donors (Lipinski definition) is 3. The van der Waals surface area contributed by atoms with Crippen LogP contribution in [0.15, 0.2) is 60.7 Å². The van der Waals surface area contributed by atoms with E-state index in [1.54, 1.807) is 48.5 Å². The topological polar surface area (TPSA) is 123 Å². The van der Waals surface area contributed by atoms with E-state index in [1.807, 2.05) is 0 Å². The summed E-state index contributed by atoms with van der Waals surface area (Å²) >= 11 is 0. The van der Waals surface area contributed by atoms with E-state index in [-0.39, 0.29) is 5.56 Å². The number of carbonyl (C=O) groups excluding carboxylic acids is 2. The van der Waals surface area contributed by atoms with E-state index in [0.29, 0.717) is 5.56 Å². The highest BCUT2D eigenvalue weighted by Crippen LogP contribution is 2.24. The van der Waals surface area contributed by atoms with Crippen molar-refractivity contribution in [3.63, 3.8) is 0 Å². The molecule has 1 fully saturated rings. The van der Waals surface area contributed by atoms with Gasteiger partial charge in [-0.2, -0.15) is 0 Å². The Hall–Kier alpha value is -2.78. The van der Waals surface area contributed by atoms with Crippen LogP contribution in [0.5, 0.6) is 0 Å². The second-order valence-corrected chi connectivity index (χ2v) is 6.25. The van der Waals surface area contributed by atoms with Gasteiger partial charge in [0.25, 0.3) is 0 Å². The van der Waals surface area contributed by atoms with E-state index in [1.165, 1.54) is 12.1 Å². The van der Waals surface area contributed by atoms with Crippen LogP contribution in [-0.4, -0.2) is 64.6 Å². The van der Waals surface area contributed by atoms with Gasteiger partial charge < -0.3 is 29.5 Å². The van der Waals surface area contributed by atoms with Crippen LogP contribution in [0.4, 0.5) is 0 Å². The quantitative estimate of drug-likeness (QED) is 0.633. The normalized spacial score (nSPS) is 27.0. The number of aliphatic hydroxyl groups excluding tert-OH is 3. The van der Waals surface area contributed by atoms with E-state index in [2.05, 4.69) is 0 Å². The molecule has 0 bridgehead atoms. The van der Waals surface area contributed by atoms with Crippen molar-refractivity contribution >= 4 is 11.9 Å². The third-order valence-electron chi connectivity index (χ3n) is 4.30. The molecule has 148 valence electrons. The van der Waals surface area contributed by atoms with Crippen molar-refractivity contribution in [2.75, 3.05) is 6.61 Å². The second-order valence-electron chi connectivity index (χ2n) is 6.25. The molecule has 0 amide bonds. The van der Waals surface area contributed by atoms with Crippen LogP contribution in [0.2, 0.25) is 0 Å². The highest BCUT2D eigenvalue weighted by atomic mass is 16.7. The Morgan fingerprint density at radius 3 is 1.93 bits per heavy atom. The molecule has 1 aliphatic heterocycles. The maximum Gasteiger partial charge on any atom is 0.338 e. The van der Waals surface area contributed by atoms with Crippen molar-refractivity contribution in [3.8, 4) is 0 Å². The smallest absolute Gasteiger partial charge is 0.338 e. The summed E-state index contributed by atoms with van der Waals surface area (Å²) in [5, 5.41) is 30.6. The molecule has 0 aromatic heterocycles. The second kappa shape index (κ2) is 8.94. The molecule has 8 heteroatoms. The highest BCUT2D eigenvalue weighted by molar-refractivity contribution is 5.89. The lowest BCUT2D eigenvalue weighted by atomic mass is 9.99. The van der Waals surface area contributed by atoms with Gasteiger partial charge in [0.15, 0.2) is 12.4 Å². The molecular weight excluding hydrogens is 368 g/mol. The van der Waals surface area contributed by atoms with Crippen molar-refractivity contribution < 1.29 is 39.1 Å². The lowest BCUT2D eigenvalue weighted by molar-refractivity contribution is -0.285. The molecule has 0 aliphatic carbocycles. The molecule has 3 N–H and O–H groups in total. The van der Waals surface area contributed by atoms with Crippen LogP contribution < -0.4 is 0 Å². The number of aliphatic hydroxyl groups is 3. The van der Waals surface area contributed by atoms with Crippen molar-refractivity contribution in [1.29, 1.82) is 0 Å². The fourth-order valence-corrected chi connectivity index (χ4v) is 2.77. The number of carbonyl (C=O) groups is 2. The maximum atomic E-state index is 12.1. The fraction of sp³-hybridized carbons (Fsp3) is 0.300. The predicted octanol–water partition coefficient (Wildman–Crippen LogP) is 0.508. The summed E-state index contributed by atoms with van der Waals surface area (Å²) in [7, 11) is 0. The lowest BCUT2D eigenvalue weighted by Crippen LogP contribution is -2.60. The van der Waals surface area contributed by atoms with E-state index in [9.17, 15) is 24.9 Å². The van der Waals surface area contributed by atoms with E-state index >= 15 is 0 Å². The van der Waals surface area contributed by atoms with Crippen molar-refractivity contribution in [2.24, 2.45) is 0 Å². The van der Waals surface area contributed by atoms with Gasteiger partial charge in [-0.15, -0.1) is 0 Å². The summed E-state index contributed by atoms with van der Waals surface area (Å²) < 4.78 is 15.3. The van der Waals surface area contributed by atoms with Crippen molar-refractivity contribution in [2.45, 2.75) is 30.7 Å². The van der Waals surface area contributed by atoms with Gasteiger partial charge in [0, 0.05) is 0 Å². The van der Waals surface area contributed by atoms with Crippen LogP contribution in [0.25, 0.3) is 0 Å². The average molecular weight is 388 g/mol. The summed E-state index contributed by atoms with van der Waals surface area (Å²) in [4.78, 5) is 24.1. The highest BCUT2D eigenvalue weighted by Gasteiger charge is 2.46. The summed E-state index contributed by atoms with van der Waals surface area (Å²) in [5.74, 6) is -1.42. The van der Waals surface area contributed by atoms with E-state index in [0.717, 1.165) is 0 Å². The minimum atomic E-state index is -1.70. The van der Waals surface area contributed by atoms with Crippen LogP contribution in [0.1, 0.15) is 20.7 Å². The monoisotopic (exact) mass is 388 g/mol. The molecule has 8 nitrogen and oxygen atoms in total. The van der Waals surface area contributed by atoms with Gasteiger partial charge in [-0.1, -0.05) is 36.4 Å². The number of ether oxygens (including phenoxy) is 3. The Bertz CT molecular complexity index is 792. The summed E-state index contributed by atoms with van der Waals surface area (Å²) in [5.41, 5.74) is 0.527. The minimum absolute atomic E-state index is 0.218. The maximum absolute atomic E-state index is 12.1. The number of hydrogen-bond acceptors (Lipinski definition) is 8. The van der Waals surface area contributed by atoms with Crippen LogP contribution in [0.3, 0.4) is 0 Å². The van der Waals surface area contributed by atoms with Gasteiger partial charge >= 0.3 is 11.9 Å². The molecule has 0 saturated carbocycles. The Kier molecular flexibility index (Phi) is 6.37. The zero-order valence-corrected chi connectivity index (χ0v) is 14.8. The molecule has 1 saturated heterocycles. The van der Waals surface area contributed by atoms with E-state index in [4.69, 9.17) is 14.2 Å². The van der Waals surface area contributed by atoms with Crippen molar-refractivity contribution in [1.82, 2.24) is 0 Å². The first-order valence-electron chi connectivity index (χ1n) is 8.65. The third kappa shape index (κ3) is 4.55. The number of rotatable bonds is 5. The first-order chi connectivity index (χ1) is 13.5. The first kappa shape index (κ1) is 20.0. The lowest BCUT2D eigenvalue weighted by Gasteiger charge is -2.39. The molecular formula is C20H20O8. The summed E-state index contributed by atoms with van der Waals surface area (Å²) in [6, 6.07) is 16.2. The Morgan fingerprint density at radius 1 is 0.821 bits per heavy atom. The SMILES string of the molecule is O=C(OC[C@H]1O[C@@H](O)[C@H](OC(=O)c2ccccc2)[C@@H](O)[C@@H]1O)c1ccccc1. The van der Waals surface area contributed by atoms with E-state index < -0.39 is 49.3 Å². The molecule has 3 rings (SSSR count). The van der Waals surface area contributed by atoms with Crippen LogP contribution in [-0.2, 0) is 14.2 Å². The Labute approximate surface area is 160 Å². The van der Waals surface area contributed by atoms with Gasteiger partial charge in [0.2, 0.25) is 0 Å². The number of esters is 2. The van der Waals surface area contributed by atoms with Gasteiger partial charge in [-0.05, 0) is 24.3 Å². The zero-order chi connectivity index (χ0) is 20.1. The predicted molar refractivity (Wildman–Crippen MR) is 95.3 cm³/mol. The van der Waals surface area contributed by atoms with Crippen molar-refractivity contribution in [3.05, 3.63) is 71.8 Å². The van der Waals surface area contributed by atoms with Gasteiger partial charge in [-0.25, -0.2) is 9.59 Å². The molecule has 0 radical (unpaired) electrons. The van der Waals surface area contributed by atoms with Crippen LogP contribution >= 0.6 is 0 Å². The summed E-state index contributed by atoms with van der Waals surface area (Å²) in [6.07, 6.45) is -7.56. The summed E-state index contributed by atoms with van der Waals surface area (Å²) in [6.45, 7) is -0.400. The standard InChI is InChI=1S/C20H20O8/c21-15-14(11-26-18(23)12-7-3-1-4-8-12)27-20(25)17(16(15)22)28-19(24)13-9-5-2-6-10-13/h1-10,14-17,20-22,25H,11H2/t14-,15-,16+,17-,20-/m1/s1. The van der Waals surface area contributed by atoms with Gasteiger partial charge in [0.1, 0.15) is 24.9 Å². The molecule has 28 heavy (non-hydrogen) atoms. The Morgan fingerprint density at radius 2 is 1.36 bits per heavy atom. The molecule has 2 aromatic carbocycles. The molecule has 0 spiro atoms. The van der Waals surface area contributed by atoms with Gasteiger partial charge in [-0.3, -0.25) is 0 Å². The average Bonchev–Trinajstić information content (AvgIpc) is 2.73. The first-order valence-corrected chi connectivity index (χ1v) is 8.65. The zero-order valence-electron chi connectivity index (χ0n) is 14.8. The Balaban J connectivity index is 1.58. The third-order valence-corrected chi connectivity index (χ3v) is 4.30. The molecule has 0 unspecified atom stereocenters. The largest absolute Gasteiger partial charge is 0.459 e. The minimum Gasteiger partial charge on any atom is -0.459 e. The van der Waals surface area contributed by atoms with Gasteiger partial charge in [0.05, 0.1) is 11.1 Å². The molecule has 2 aromatic rings. The molecule has 5 atom stereocenters.